The van der Waals surface area contributed by atoms with Crippen LogP contribution in [0.5, 0.6) is 5.75 Å². The second-order valence-corrected chi connectivity index (χ2v) is 9.99. The van der Waals surface area contributed by atoms with Gasteiger partial charge < -0.3 is 15.0 Å². The highest BCUT2D eigenvalue weighted by Crippen LogP contribution is 2.50. The Labute approximate surface area is 200 Å². The molecule has 5 rings (SSSR count). The van der Waals surface area contributed by atoms with Gasteiger partial charge in [0.25, 0.3) is 0 Å². The zero-order chi connectivity index (χ0) is 23.7. The van der Waals surface area contributed by atoms with Gasteiger partial charge in [0.1, 0.15) is 22.9 Å². The quantitative estimate of drug-likeness (QED) is 0.474. The van der Waals surface area contributed by atoms with E-state index in [-0.39, 0.29) is 23.6 Å². The number of amides is 1. The van der Waals surface area contributed by atoms with Gasteiger partial charge in [-0.15, -0.1) is 0 Å². The smallest absolute Gasteiger partial charge is 0.244 e. The molecule has 2 N–H and O–H groups in total. The number of hydrogen-bond acceptors (Lipinski definition) is 3. The number of imidazole rings is 1. The van der Waals surface area contributed by atoms with Crippen molar-refractivity contribution in [2.24, 2.45) is 17.6 Å². The van der Waals surface area contributed by atoms with Crippen LogP contribution in [0.3, 0.4) is 0 Å². The molecule has 1 heterocycles. The van der Waals surface area contributed by atoms with Crippen LogP contribution in [0.15, 0.2) is 42.5 Å². The van der Waals surface area contributed by atoms with Crippen LogP contribution < -0.4 is 10.5 Å². The SMILES string of the molecule is COc1ccc(-c2nc3ccc(F)cc3n2C(C(N)=O)(C2CCCCC2)C2CCCCC2)cc1. The molecule has 2 aromatic carbocycles. The predicted molar refractivity (Wildman–Crippen MR) is 132 cm³/mol. The molecule has 2 aliphatic carbocycles. The average molecular weight is 464 g/mol. The van der Waals surface area contributed by atoms with Gasteiger partial charge in [0.2, 0.25) is 5.91 Å². The van der Waals surface area contributed by atoms with Crippen molar-refractivity contribution in [3.63, 3.8) is 0 Å². The maximum absolute atomic E-state index is 14.6. The number of benzene rings is 2. The van der Waals surface area contributed by atoms with E-state index in [1.54, 1.807) is 13.2 Å². The topological polar surface area (TPSA) is 70.1 Å². The van der Waals surface area contributed by atoms with Crippen molar-refractivity contribution in [2.75, 3.05) is 7.11 Å². The largest absolute Gasteiger partial charge is 0.497 e. The first-order chi connectivity index (χ1) is 16.6. The van der Waals surface area contributed by atoms with Gasteiger partial charge in [-0.25, -0.2) is 9.37 Å². The number of nitrogens with two attached hydrogens (primary N) is 1. The molecule has 5 nitrogen and oxygen atoms in total. The molecule has 0 aliphatic heterocycles. The van der Waals surface area contributed by atoms with Crippen molar-refractivity contribution in [1.82, 2.24) is 9.55 Å². The summed E-state index contributed by atoms with van der Waals surface area (Å²) >= 11 is 0. The van der Waals surface area contributed by atoms with Crippen molar-refractivity contribution in [1.29, 1.82) is 0 Å². The number of carbonyl (C=O) groups excluding carboxylic acids is 1. The average Bonchev–Trinajstić information content (AvgIpc) is 3.24. The Morgan fingerprint density at radius 3 is 2.09 bits per heavy atom. The summed E-state index contributed by atoms with van der Waals surface area (Å²) in [5, 5.41) is 0. The molecule has 1 amide bonds. The normalized spacial score (nSPS) is 18.3. The lowest BCUT2D eigenvalue weighted by Gasteiger charge is -2.48. The predicted octanol–water partition coefficient (Wildman–Crippen LogP) is 6.19. The summed E-state index contributed by atoms with van der Waals surface area (Å²) in [4.78, 5) is 18.8. The van der Waals surface area contributed by atoms with Crippen molar-refractivity contribution < 1.29 is 13.9 Å². The molecule has 2 saturated carbocycles. The van der Waals surface area contributed by atoms with Gasteiger partial charge >= 0.3 is 0 Å². The maximum Gasteiger partial charge on any atom is 0.244 e. The third kappa shape index (κ3) is 3.77. The minimum atomic E-state index is -0.932. The van der Waals surface area contributed by atoms with Crippen molar-refractivity contribution in [3.8, 4) is 17.1 Å². The van der Waals surface area contributed by atoms with Crippen LogP contribution in [-0.4, -0.2) is 22.6 Å². The van der Waals surface area contributed by atoms with Gasteiger partial charge in [0.05, 0.1) is 18.1 Å². The fourth-order valence-corrected chi connectivity index (χ4v) is 6.65. The van der Waals surface area contributed by atoms with E-state index in [2.05, 4.69) is 4.57 Å². The lowest BCUT2D eigenvalue weighted by Crippen LogP contribution is -2.58. The first-order valence-corrected chi connectivity index (χ1v) is 12.7. The van der Waals surface area contributed by atoms with E-state index in [0.29, 0.717) is 16.9 Å². The Balaban J connectivity index is 1.82. The number of nitrogens with zero attached hydrogens (tertiary/aromatic N) is 2. The number of carbonyl (C=O) groups is 1. The van der Waals surface area contributed by atoms with Gasteiger partial charge in [-0.05, 0) is 80.0 Å². The summed E-state index contributed by atoms with van der Waals surface area (Å²) in [5.74, 6) is 1.01. The van der Waals surface area contributed by atoms with Crippen LogP contribution in [0.4, 0.5) is 4.39 Å². The van der Waals surface area contributed by atoms with Crippen molar-refractivity contribution in [2.45, 2.75) is 69.7 Å². The zero-order valence-electron chi connectivity index (χ0n) is 19.9. The molecular formula is C28H34FN3O2. The Morgan fingerprint density at radius 2 is 1.56 bits per heavy atom. The van der Waals surface area contributed by atoms with Gasteiger partial charge in [0, 0.05) is 5.56 Å². The zero-order valence-corrected chi connectivity index (χ0v) is 19.9. The van der Waals surface area contributed by atoms with Crippen LogP contribution >= 0.6 is 0 Å². The Kier molecular flexibility index (Phi) is 6.32. The molecule has 6 heteroatoms. The fraction of sp³-hybridized carbons (Fsp3) is 0.500. The first kappa shape index (κ1) is 22.9. The highest BCUT2D eigenvalue weighted by atomic mass is 19.1. The number of primary amides is 1. The number of hydrogen-bond donors (Lipinski definition) is 1. The van der Waals surface area contributed by atoms with Crippen LogP contribution in [-0.2, 0) is 10.3 Å². The molecule has 2 fully saturated rings. The van der Waals surface area contributed by atoms with Gasteiger partial charge in [0.15, 0.2) is 0 Å². The molecule has 0 radical (unpaired) electrons. The van der Waals surface area contributed by atoms with E-state index < -0.39 is 5.54 Å². The van der Waals surface area contributed by atoms with Crippen LogP contribution in [0.2, 0.25) is 0 Å². The molecule has 0 saturated heterocycles. The molecule has 0 bridgehead atoms. The molecule has 1 aromatic heterocycles. The minimum Gasteiger partial charge on any atom is -0.497 e. The van der Waals surface area contributed by atoms with Crippen LogP contribution in [0.25, 0.3) is 22.4 Å². The number of methoxy groups -OCH3 is 1. The maximum atomic E-state index is 14.6. The number of aromatic nitrogens is 2. The number of fused-ring (bicyclic) bond motifs is 1. The summed E-state index contributed by atoms with van der Waals surface area (Å²) < 4.78 is 22.0. The molecule has 34 heavy (non-hydrogen) atoms. The van der Waals surface area contributed by atoms with Crippen LogP contribution in [0.1, 0.15) is 64.2 Å². The Morgan fingerprint density at radius 1 is 0.971 bits per heavy atom. The lowest BCUT2D eigenvalue weighted by atomic mass is 9.63. The molecule has 0 unspecified atom stereocenters. The van der Waals surface area contributed by atoms with E-state index in [4.69, 9.17) is 15.5 Å². The van der Waals surface area contributed by atoms with E-state index in [1.165, 1.54) is 25.0 Å². The second kappa shape index (κ2) is 9.40. The molecule has 180 valence electrons. The third-order valence-electron chi connectivity index (χ3n) is 8.18. The summed E-state index contributed by atoms with van der Waals surface area (Å²) in [6.45, 7) is 0. The molecule has 0 spiro atoms. The van der Waals surface area contributed by atoms with E-state index in [0.717, 1.165) is 62.7 Å². The highest BCUT2D eigenvalue weighted by Gasteiger charge is 2.53. The number of ether oxygens (including phenoxy) is 1. The highest BCUT2D eigenvalue weighted by molar-refractivity contribution is 5.90. The first-order valence-electron chi connectivity index (χ1n) is 12.7. The lowest BCUT2D eigenvalue weighted by molar-refractivity contribution is -0.135. The van der Waals surface area contributed by atoms with Gasteiger partial charge in [-0.2, -0.15) is 0 Å². The second-order valence-electron chi connectivity index (χ2n) is 9.99. The summed E-state index contributed by atoms with van der Waals surface area (Å²) in [6, 6.07) is 12.4. The molecular weight excluding hydrogens is 429 g/mol. The van der Waals surface area contributed by atoms with Crippen molar-refractivity contribution in [3.05, 3.63) is 48.3 Å². The molecule has 3 aromatic rings. The van der Waals surface area contributed by atoms with E-state index in [1.807, 2.05) is 24.3 Å². The number of rotatable bonds is 6. The Hall–Kier alpha value is -2.89. The fourth-order valence-electron chi connectivity index (χ4n) is 6.65. The van der Waals surface area contributed by atoms with Gasteiger partial charge in [-0.3, -0.25) is 4.79 Å². The summed E-state index contributed by atoms with van der Waals surface area (Å²) in [6.07, 6.45) is 10.5. The van der Waals surface area contributed by atoms with Gasteiger partial charge in [-0.1, -0.05) is 38.5 Å². The standard InChI is InChI=1S/C28H34FN3O2/c1-34-23-15-12-19(13-16-23)26-31-24-17-14-22(29)18-25(24)32(26)28(27(30)33,20-8-4-2-5-9-20)21-10-6-3-7-11-21/h12-18,20-21H,2-11H2,1H3,(H2,30,33). The summed E-state index contributed by atoms with van der Waals surface area (Å²) in [7, 11) is 1.64. The third-order valence-corrected chi connectivity index (χ3v) is 8.18. The summed E-state index contributed by atoms with van der Waals surface area (Å²) in [5.41, 5.74) is 7.72. The number of halogens is 1. The molecule has 0 atom stereocenters. The van der Waals surface area contributed by atoms with Crippen molar-refractivity contribution >= 4 is 16.9 Å². The van der Waals surface area contributed by atoms with E-state index >= 15 is 0 Å². The van der Waals surface area contributed by atoms with E-state index in [9.17, 15) is 9.18 Å². The minimum absolute atomic E-state index is 0.111. The Bertz CT molecular complexity index is 1140. The molecule has 2 aliphatic rings. The monoisotopic (exact) mass is 463 g/mol. The van der Waals surface area contributed by atoms with Crippen LogP contribution in [0, 0.1) is 17.7 Å².